The van der Waals surface area contributed by atoms with Crippen LogP contribution in [0.25, 0.3) is 11.1 Å². The van der Waals surface area contributed by atoms with Crippen molar-refractivity contribution in [1.82, 2.24) is 9.80 Å². The van der Waals surface area contributed by atoms with Crippen LogP contribution in [0.1, 0.15) is 98.7 Å². The lowest BCUT2D eigenvalue weighted by Crippen LogP contribution is -2.30. The van der Waals surface area contributed by atoms with Crippen LogP contribution in [0.4, 0.5) is 0 Å². The smallest absolute Gasteiger partial charge is 0.0790 e. The maximum Gasteiger partial charge on any atom is 0.0790 e. The van der Waals surface area contributed by atoms with Crippen LogP contribution in [-0.2, 0) is 6.42 Å². The van der Waals surface area contributed by atoms with Crippen molar-refractivity contribution in [1.29, 1.82) is 0 Å². The molecule has 0 radical (unpaired) electrons. The van der Waals surface area contributed by atoms with Crippen molar-refractivity contribution in [2.75, 3.05) is 39.3 Å². The molecular weight excluding hydrogens is 432 g/mol. The molecule has 0 amide bonds. The van der Waals surface area contributed by atoms with Crippen molar-refractivity contribution < 1.29 is 10.2 Å². The molecule has 2 aromatic rings. The second kappa shape index (κ2) is 12.0. The number of benzene rings is 2. The van der Waals surface area contributed by atoms with E-state index in [0.29, 0.717) is 0 Å². The molecule has 0 spiro atoms. The topological polar surface area (TPSA) is 46.9 Å². The van der Waals surface area contributed by atoms with Crippen LogP contribution < -0.4 is 0 Å². The van der Waals surface area contributed by atoms with Crippen molar-refractivity contribution in [2.24, 2.45) is 0 Å². The molecule has 1 aliphatic carbocycles. The van der Waals surface area contributed by atoms with Gasteiger partial charge in [0.05, 0.1) is 12.2 Å². The fraction of sp³-hybridized carbons (Fsp3) is 0.613. The Morgan fingerprint density at radius 3 is 1.46 bits per heavy atom. The van der Waals surface area contributed by atoms with Crippen LogP contribution in [0.2, 0.25) is 0 Å². The van der Waals surface area contributed by atoms with Crippen LogP contribution in [0.5, 0.6) is 0 Å². The molecule has 2 aliphatic heterocycles. The molecule has 2 heterocycles. The van der Waals surface area contributed by atoms with Gasteiger partial charge in [0, 0.05) is 0 Å². The van der Waals surface area contributed by atoms with Crippen LogP contribution in [-0.4, -0.2) is 59.3 Å². The van der Waals surface area contributed by atoms with E-state index in [1.54, 1.807) is 0 Å². The summed E-state index contributed by atoms with van der Waals surface area (Å²) in [4.78, 5) is 5.10. The van der Waals surface area contributed by atoms with Gasteiger partial charge in [0.1, 0.15) is 0 Å². The van der Waals surface area contributed by atoms with Crippen LogP contribution in [0, 0.1) is 0 Å². The molecule has 4 heteroatoms. The lowest BCUT2D eigenvalue weighted by atomic mass is 9.97. The van der Waals surface area contributed by atoms with Gasteiger partial charge < -0.3 is 20.0 Å². The number of aliphatic hydroxyl groups is 2. The number of hydrogen-bond acceptors (Lipinski definition) is 4. The number of aliphatic hydroxyl groups excluding tert-OH is 2. The van der Waals surface area contributed by atoms with Gasteiger partial charge in [-0.1, -0.05) is 49.2 Å². The average molecular weight is 477 g/mol. The van der Waals surface area contributed by atoms with E-state index < -0.39 is 0 Å². The molecule has 35 heavy (non-hydrogen) atoms. The van der Waals surface area contributed by atoms with E-state index >= 15 is 0 Å². The SMILES string of the molecule is OC(CCCN1CCCCC1)c1ccc2c(c1)Cc1cc(C(O)CCCN3CCCCC3)ccc1-2. The van der Waals surface area contributed by atoms with Crippen molar-refractivity contribution in [3.8, 4) is 11.1 Å². The molecule has 2 fully saturated rings. The number of hydrogen-bond donors (Lipinski definition) is 2. The fourth-order valence-corrected chi connectivity index (χ4v) is 6.38. The fourth-order valence-electron chi connectivity index (χ4n) is 6.38. The highest BCUT2D eigenvalue weighted by Gasteiger charge is 2.22. The number of piperidine rings is 2. The lowest BCUT2D eigenvalue weighted by molar-refractivity contribution is 0.150. The first-order chi connectivity index (χ1) is 17.2. The van der Waals surface area contributed by atoms with Crippen molar-refractivity contribution >= 4 is 0 Å². The summed E-state index contributed by atoms with van der Waals surface area (Å²) in [5.74, 6) is 0. The van der Waals surface area contributed by atoms with Gasteiger partial charge >= 0.3 is 0 Å². The molecule has 2 aromatic carbocycles. The lowest BCUT2D eigenvalue weighted by Gasteiger charge is -2.26. The third-order valence-corrected chi connectivity index (χ3v) is 8.50. The monoisotopic (exact) mass is 476 g/mol. The van der Waals surface area contributed by atoms with Crippen LogP contribution in [0.3, 0.4) is 0 Å². The van der Waals surface area contributed by atoms with Crippen molar-refractivity contribution in [3.63, 3.8) is 0 Å². The zero-order chi connectivity index (χ0) is 24.0. The van der Waals surface area contributed by atoms with Gasteiger partial charge in [-0.15, -0.1) is 0 Å². The second-order valence-corrected chi connectivity index (χ2v) is 11.1. The van der Waals surface area contributed by atoms with E-state index in [1.807, 2.05) is 0 Å². The summed E-state index contributed by atoms with van der Waals surface area (Å²) < 4.78 is 0. The Labute approximate surface area is 212 Å². The molecule has 3 aliphatic rings. The van der Waals surface area contributed by atoms with Crippen LogP contribution >= 0.6 is 0 Å². The maximum atomic E-state index is 10.8. The van der Waals surface area contributed by atoms with E-state index in [4.69, 9.17) is 0 Å². The first-order valence-electron chi connectivity index (χ1n) is 14.2. The minimum atomic E-state index is -0.383. The minimum absolute atomic E-state index is 0.383. The third kappa shape index (κ3) is 6.35. The number of rotatable bonds is 10. The summed E-state index contributed by atoms with van der Waals surface area (Å²) in [5, 5.41) is 21.7. The maximum absolute atomic E-state index is 10.8. The predicted molar refractivity (Wildman–Crippen MR) is 144 cm³/mol. The quantitative estimate of drug-likeness (QED) is 0.385. The van der Waals surface area contributed by atoms with E-state index in [9.17, 15) is 10.2 Å². The molecule has 2 unspecified atom stereocenters. The molecular formula is C31H44N2O2. The van der Waals surface area contributed by atoms with Gasteiger partial charge in [0.15, 0.2) is 0 Å². The Kier molecular flexibility index (Phi) is 8.56. The van der Waals surface area contributed by atoms with E-state index in [-0.39, 0.29) is 12.2 Å². The molecule has 0 saturated carbocycles. The van der Waals surface area contributed by atoms with E-state index in [2.05, 4.69) is 46.2 Å². The van der Waals surface area contributed by atoms with Gasteiger partial charge in [-0.2, -0.15) is 0 Å². The highest BCUT2D eigenvalue weighted by molar-refractivity contribution is 5.77. The summed E-state index contributed by atoms with van der Waals surface area (Å²) in [5.41, 5.74) is 7.29. The standard InChI is InChI=1S/C31H44N2O2/c34-30(9-7-19-32-15-3-1-4-16-32)24-11-13-28-26(21-24)23-27-22-25(12-14-29(27)28)31(35)10-8-20-33-17-5-2-6-18-33/h11-14,21-22,30-31,34-35H,1-10,15-20,23H2. The number of likely N-dealkylation sites (tertiary alicyclic amines) is 2. The highest BCUT2D eigenvalue weighted by atomic mass is 16.3. The molecule has 0 aromatic heterocycles. The zero-order valence-electron chi connectivity index (χ0n) is 21.4. The molecule has 2 atom stereocenters. The van der Waals surface area contributed by atoms with E-state index in [0.717, 1.165) is 56.3 Å². The largest absolute Gasteiger partial charge is 0.388 e. The highest BCUT2D eigenvalue weighted by Crippen LogP contribution is 2.39. The summed E-state index contributed by atoms with van der Waals surface area (Å²) in [6.07, 6.45) is 11.9. The van der Waals surface area contributed by atoms with Gasteiger partial charge in [0.25, 0.3) is 0 Å². The number of fused-ring (bicyclic) bond motifs is 3. The first-order valence-corrected chi connectivity index (χ1v) is 14.2. The van der Waals surface area contributed by atoms with Gasteiger partial charge in [-0.05, 0) is 130 Å². The Morgan fingerprint density at radius 1 is 0.600 bits per heavy atom. The average Bonchev–Trinajstić information content (AvgIpc) is 3.27. The van der Waals surface area contributed by atoms with Gasteiger partial charge in [0.2, 0.25) is 0 Å². The second-order valence-electron chi connectivity index (χ2n) is 11.1. The molecule has 0 bridgehead atoms. The first kappa shape index (κ1) is 25.0. The van der Waals surface area contributed by atoms with Crippen molar-refractivity contribution in [3.05, 3.63) is 58.7 Å². The Hall–Kier alpha value is -1.72. The molecule has 5 rings (SSSR count). The molecule has 4 nitrogen and oxygen atoms in total. The predicted octanol–water partition coefficient (Wildman–Crippen LogP) is 5.86. The van der Waals surface area contributed by atoms with Gasteiger partial charge in [-0.3, -0.25) is 0 Å². The number of nitrogens with zero attached hydrogens (tertiary/aromatic N) is 2. The molecule has 190 valence electrons. The summed E-state index contributed by atoms with van der Waals surface area (Å²) in [7, 11) is 0. The summed E-state index contributed by atoms with van der Waals surface area (Å²) in [6.45, 7) is 7.11. The van der Waals surface area contributed by atoms with Crippen LogP contribution in [0.15, 0.2) is 36.4 Å². The Bertz CT molecular complexity index is 885. The van der Waals surface area contributed by atoms with Gasteiger partial charge in [-0.25, -0.2) is 0 Å². The Morgan fingerprint density at radius 2 is 1.03 bits per heavy atom. The van der Waals surface area contributed by atoms with E-state index in [1.165, 1.54) is 87.0 Å². The minimum Gasteiger partial charge on any atom is -0.388 e. The normalized spacial score (nSPS) is 20.4. The Balaban J connectivity index is 1.14. The molecule has 2 N–H and O–H groups in total. The molecule has 2 saturated heterocycles. The zero-order valence-corrected chi connectivity index (χ0v) is 21.4. The third-order valence-electron chi connectivity index (χ3n) is 8.50. The summed E-state index contributed by atoms with van der Waals surface area (Å²) >= 11 is 0. The summed E-state index contributed by atoms with van der Waals surface area (Å²) in [6, 6.07) is 13.1. The van der Waals surface area contributed by atoms with Crippen molar-refractivity contribution in [2.45, 2.75) is 82.8 Å².